The second-order valence-electron chi connectivity index (χ2n) is 28.9. The molecule has 0 aliphatic carbocycles. The molecule has 97 heavy (non-hydrogen) atoms. The highest BCUT2D eigenvalue weighted by atomic mass is 16.7. The van der Waals surface area contributed by atoms with Crippen molar-refractivity contribution in [3.63, 3.8) is 0 Å². The number of amides is 1. The van der Waals surface area contributed by atoms with E-state index < -0.39 is 86.8 Å². The lowest BCUT2D eigenvalue weighted by Gasteiger charge is -2.46. The number of carbonyl (C=O) groups excluding carboxylic acids is 1. The summed E-state index contributed by atoms with van der Waals surface area (Å²) in [6, 6.07) is -0.830. The molecular formula is C83H153NO13. The summed E-state index contributed by atoms with van der Waals surface area (Å²) in [5.41, 5.74) is 0. The number of aliphatic hydroxyl groups excluding tert-OH is 8. The van der Waals surface area contributed by atoms with Gasteiger partial charge in [0.25, 0.3) is 0 Å². The molecule has 14 nitrogen and oxygen atoms in total. The Labute approximate surface area is 594 Å². The van der Waals surface area contributed by atoms with Crippen molar-refractivity contribution in [3.8, 4) is 0 Å². The first-order valence-electron chi connectivity index (χ1n) is 41.0. The van der Waals surface area contributed by atoms with Gasteiger partial charge in [-0.1, -0.05) is 364 Å². The van der Waals surface area contributed by atoms with Gasteiger partial charge in [-0.3, -0.25) is 4.79 Å². The van der Waals surface area contributed by atoms with Crippen LogP contribution < -0.4 is 5.32 Å². The van der Waals surface area contributed by atoms with Crippen molar-refractivity contribution in [2.24, 2.45) is 0 Å². The molecule has 2 aliphatic heterocycles. The van der Waals surface area contributed by atoms with Crippen LogP contribution in [-0.4, -0.2) is 140 Å². The van der Waals surface area contributed by atoms with Crippen molar-refractivity contribution in [1.29, 1.82) is 0 Å². The smallest absolute Gasteiger partial charge is 0.220 e. The topological polar surface area (TPSA) is 228 Å². The Balaban J connectivity index is 1.58. The first kappa shape index (κ1) is 90.8. The maximum atomic E-state index is 13.4. The Morgan fingerprint density at radius 2 is 0.711 bits per heavy atom. The quantitative estimate of drug-likeness (QED) is 0.0204. The van der Waals surface area contributed by atoms with Gasteiger partial charge in [-0.2, -0.15) is 0 Å². The monoisotopic (exact) mass is 1370 g/mol. The van der Waals surface area contributed by atoms with E-state index in [9.17, 15) is 45.6 Å². The van der Waals surface area contributed by atoms with Gasteiger partial charge in [0.1, 0.15) is 48.8 Å². The van der Waals surface area contributed by atoms with E-state index in [1.807, 2.05) is 0 Å². The second kappa shape index (κ2) is 66.9. The maximum absolute atomic E-state index is 13.4. The van der Waals surface area contributed by atoms with Gasteiger partial charge < -0.3 is 65.1 Å². The number of hydrogen-bond donors (Lipinski definition) is 9. The molecule has 0 aromatic rings. The van der Waals surface area contributed by atoms with Gasteiger partial charge in [-0.15, -0.1) is 0 Å². The third kappa shape index (κ3) is 49.9. The molecule has 2 rings (SSSR count). The molecule has 14 heteroatoms. The third-order valence-electron chi connectivity index (χ3n) is 20.0. The largest absolute Gasteiger partial charge is 0.394 e. The Bertz CT molecular complexity index is 1860. The maximum Gasteiger partial charge on any atom is 0.220 e. The summed E-state index contributed by atoms with van der Waals surface area (Å²) in [5.74, 6) is -0.199. The Hall–Kier alpha value is -2.31. The van der Waals surface area contributed by atoms with Crippen LogP contribution >= 0.6 is 0 Å². The van der Waals surface area contributed by atoms with E-state index in [1.165, 1.54) is 257 Å². The van der Waals surface area contributed by atoms with E-state index in [1.54, 1.807) is 0 Å². The molecule has 9 N–H and O–H groups in total. The van der Waals surface area contributed by atoms with E-state index in [0.717, 1.165) is 83.5 Å². The minimum Gasteiger partial charge on any atom is -0.394 e. The Kier molecular flexibility index (Phi) is 62.6. The van der Waals surface area contributed by atoms with Crippen molar-refractivity contribution in [3.05, 3.63) is 60.8 Å². The van der Waals surface area contributed by atoms with Crippen molar-refractivity contribution in [2.45, 2.75) is 441 Å². The molecule has 0 bridgehead atoms. The highest BCUT2D eigenvalue weighted by Crippen LogP contribution is 2.30. The number of carbonyl (C=O) groups is 1. The van der Waals surface area contributed by atoms with Crippen LogP contribution in [0.15, 0.2) is 60.8 Å². The van der Waals surface area contributed by atoms with Crippen LogP contribution in [0.1, 0.15) is 367 Å². The molecule has 568 valence electrons. The summed E-state index contributed by atoms with van der Waals surface area (Å²) in [5, 5.41) is 87.9. The van der Waals surface area contributed by atoms with Gasteiger partial charge in [0.2, 0.25) is 5.91 Å². The summed E-state index contributed by atoms with van der Waals surface area (Å²) in [6.45, 7) is 2.81. The number of allylic oxidation sites excluding steroid dienone is 10. The Morgan fingerprint density at radius 3 is 1.09 bits per heavy atom. The number of rotatable bonds is 69. The predicted molar refractivity (Wildman–Crippen MR) is 401 cm³/mol. The van der Waals surface area contributed by atoms with Gasteiger partial charge in [0, 0.05) is 6.42 Å². The highest BCUT2D eigenvalue weighted by Gasteiger charge is 2.51. The van der Waals surface area contributed by atoms with Crippen molar-refractivity contribution in [1.82, 2.24) is 5.32 Å². The lowest BCUT2D eigenvalue weighted by molar-refractivity contribution is -0.359. The number of nitrogens with one attached hydrogen (secondary N) is 1. The first-order valence-corrected chi connectivity index (χ1v) is 41.0. The van der Waals surface area contributed by atoms with E-state index in [0.29, 0.717) is 12.8 Å². The lowest BCUT2D eigenvalue weighted by Crippen LogP contribution is -2.65. The highest BCUT2D eigenvalue weighted by molar-refractivity contribution is 5.76. The van der Waals surface area contributed by atoms with Crippen LogP contribution in [-0.2, 0) is 23.7 Å². The average molecular weight is 1370 g/mol. The molecule has 12 atom stereocenters. The first-order chi connectivity index (χ1) is 47.6. The number of ether oxygens (including phenoxy) is 4. The minimum atomic E-state index is -1.78. The summed E-state index contributed by atoms with van der Waals surface area (Å²) in [6.07, 6.45) is 74.1. The number of unbranched alkanes of at least 4 members (excludes halogenated alkanes) is 46. The fourth-order valence-electron chi connectivity index (χ4n) is 13.6. The van der Waals surface area contributed by atoms with Crippen LogP contribution in [0.25, 0.3) is 0 Å². The standard InChI is InChI=1S/C83H153NO13/c1-3-5-7-9-11-13-15-17-19-21-23-25-27-29-31-32-33-34-35-36-37-38-39-40-41-43-45-47-49-51-53-55-57-59-61-63-65-67-75(88)84-71(70-94-82-80(93)78(91)81(74(69-86)96-82)97-83-79(92)77(90)76(89)73(68-85)95-83)72(87)66-64-62-60-58-56-54-52-50-48-46-44-42-30-28-26-24-22-20-18-16-14-12-10-8-6-4-2/h5,7,11,13,17,19,23,25,29,31,71-74,76-83,85-87,89-93H,3-4,6,8-10,12,14-16,18,20-22,24,26-28,30,32-70H2,1-2H3,(H,84,88)/b7-5-,13-11-,19-17-,25-23-,31-29-. The molecule has 2 fully saturated rings. The van der Waals surface area contributed by atoms with Crippen molar-refractivity contribution < 1.29 is 64.6 Å². The second-order valence-corrected chi connectivity index (χ2v) is 28.9. The molecule has 0 aromatic heterocycles. The van der Waals surface area contributed by atoms with Gasteiger partial charge >= 0.3 is 0 Å². The van der Waals surface area contributed by atoms with Gasteiger partial charge in [0.05, 0.1) is 32.0 Å². The van der Waals surface area contributed by atoms with Gasteiger partial charge in [-0.25, -0.2) is 0 Å². The summed E-state index contributed by atoms with van der Waals surface area (Å²) in [7, 11) is 0. The molecule has 2 aliphatic rings. The molecule has 2 heterocycles. The molecule has 0 saturated carbocycles. The molecule has 0 radical (unpaired) electrons. The molecule has 0 aromatic carbocycles. The fourth-order valence-corrected chi connectivity index (χ4v) is 13.6. The van der Waals surface area contributed by atoms with Crippen LogP contribution in [0.3, 0.4) is 0 Å². The summed E-state index contributed by atoms with van der Waals surface area (Å²) < 4.78 is 23.0. The zero-order valence-corrected chi connectivity index (χ0v) is 62.3. The molecular weight excluding hydrogens is 1220 g/mol. The van der Waals surface area contributed by atoms with Crippen molar-refractivity contribution >= 4 is 5.91 Å². The van der Waals surface area contributed by atoms with Crippen LogP contribution in [0.2, 0.25) is 0 Å². The normalized spacial score (nSPS) is 22.4. The zero-order chi connectivity index (χ0) is 70.1. The van der Waals surface area contributed by atoms with Crippen LogP contribution in [0.5, 0.6) is 0 Å². The molecule has 1 amide bonds. The molecule has 0 spiro atoms. The minimum absolute atomic E-state index is 0.199. The summed E-state index contributed by atoms with van der Waals surface area (Å²) in [4.78, 5) is 13.4. The van der Waals surface area contributed by atoms with Crippen LogP contribution in [0.4, 0.5) is 0 Å². The summed E-state index contributed by atoms with van der Waals surface area (Å²) >= 11 is 0. The third-order valence-corrected chi connectivity index (χ3v) is 20.0. The predicted octanol–water partition coefficient (Wildman–Crippen LogP) is 18.7. The number of aliphatic hydroxyl groups is 8. The van der Waals surface area contributed by atoms with E-state index in [2.05, 4.69) is 79.9 Å². The van der Waals surface area contributed by atoms with E-state index >= 15 is 0 Å². The fraction of sp³-hybridized carbons (Fsp3) is 0.867. The zero-order valence-electron chi connectivity index (χ0n) is 62.3. The van der Waals surface area contributed by atoms with Crippen molar-refractivity contribution in [2.75, 3.05) is 19.8 Å². The van der Waals surface area contributed by atoms with E-state index in [4.69, 9.17) is 18.9 Å². The number of hydrogen-bond acceptors (Lipinski definition) is 13. The average Bonchev–Trinajstić information content (AvgIpc) is 0.794. The SMILES string of the molecule is CC/C=C\C/C=C\C/C=C\C/C=C\C/C=C\CCCCCCCCCCCCCCCCCCCCCCCC(=O)NC(COC1OC(CO)C(OC2OC(CO)C(O)C(O)C2O)C(O)C1O)C(O)CCCCCCCCCCCCCCCCCCCCCCCCCCCC. The van der Waals surface area contributed by atoms with E-state index in [-0.39, 0.29) is 12.5 Å². The molecule has 2 saturated heterocycles. The lowest BCUT2D eigenvalue weighted by atomic mass is 9.97. The van der Waals surface area contributed by atoms with Gasteiger partial charge in [-0.05, 0) is 57.8 Å². The molecule has 12 unspecified atom stereocenters. The van der Waals surface area contributed by atoms with Gasteiger partial charge in [0.15, 0.2) is 12.6 Å². The Morgan fingerprint density at radius 1 is 0.381 bits per heavy atom. The van der Waals surface area contributed by atoms with Crippen LogP contribution in [0, 0.1) is 0 Å².